The molecular formula is C10H8O5S. The summed E-state index contributed by atoms with van der Waals surface area (Å²) < 4.78 is 23.4. The molecule has 0 fully saturated rings. The first-order valence-electron chi connectivity index (χ1n) is 4.40. The number of hydrogen-bond donors (Lipinski definition) is 2. The van der Waals surface area contributed by atoms with Gasteiger partial charge in [0.1, 0.15) is 0 Å². The molecule has 1 aliphatic heterocycles. The van der Waals surface area contributed by atoms with Crippen molar-refractivity contribution in [2.24, 2.45) is 0 Å². The lowest BCUT2D eigenvalue weighted by atomic mass is 10.1. The summed E-state index contributed by atoms with van der Waals surface area (Å²) in [4.78, 5) is 10.7. The number of carbonyl (C=O) groups is 1. The van der Waals surface area contributed by atoms with Gasteiger partial charge in [-0.1, -0.05) is 12.1 Å². The van der Waals surface area contributed by atoms with Crippen molar-refractivity contribution in [3.8, 4) is 0 Å². The Hall–Kier alpha value is -1.66. The Kier molecular flexibility index (Phi) is 2.32. The lowest BCUT2D eigenvalue weighted by Crippen LogP contribution is -2.06. The zero-order valence-electron chi connectivity index (χ0n) is 8.04. The van der Waals surface area contributed by atoms with Crippen LogP contribution in [0.2, 0.25) is 0 Å². The van der Waals surface area contributed by atoms with Crippen LogP contribution in [0.25, 0.3) is 5.57 Å². The van der Waals surface area contributed by atoms with Crippen LogP contribution in [0.1, 0.15) is 15.9 Å². The van der Waals surface area contributed by atoms with E-state index in [0.29, 0.717) is 0 Å². The topological polar surface area (TPSA) is 91.7 Å². The minimum atomic E-state index is -3.75. The molecule has 0 radical (unpaired) electrons. The van der Waals surface area contributed by atoms with Gasteiger partial charge in [-0.2, -0.15) is 0 Å². The van der Waals surface area contributed by atoms with E-state index < -0.39 is 22.4 Å². The van der Waals surface area contributed by atoms with Crippen molar-refractivity contribution in [3.05, 3.63) is 34.7 Å². The van der Waals surface area contributed by atoms with E-state index in [2.05, 4.69) is 0 Å². The van der Waals surface area contributed by atoms with Crippen molar-refractivity contribution in [2.75, 3.05) is 6.61 Å². The monoisotopic (exact) mass is 240 g/mol. The van der Waals surface area contributed by atoms with Crippen LogP contribution in [0, 0.1) is 0 Å². The third-order valence-electron chi connectivity index (χ3n) is 2.34. The van der Waals surface area contributed by atoms with Gasteiger partial charge in [0, 0.05) is 11.0 Å². The Morgan fingerprint density at radius 2 is 2.00 bits per heavy atom. The molecule has 0 atom stereocenters. The highest BCUT2D eigenvalue weighted by Gasteiger charge is 2.31. The quantitative estimate of drug-likeness (QED) is 0.785. The zero-order chi connectivity index (χ0) is 11.9. The van der Waals surface area contributed by atoms with Crippen molar-refractivity contribution >= 4 is 21.4 Å². The molecule has 84 valence electrons. The number of carboxylic acid groups (broad SMARTS) is 1. The van der Waals surface area contributed by atoms with Gasteiger partial charge in [-0.05, 0) is 11.6 Å². The number of sulfone groups is 1. The molecule has 1 aliphatic rings. The Labute approximate surface area is 91.6 Å². The third-order valence-corrected chi connectivity index (χ3v) is 3.95. The number of aromatic carboxylic acids is 1. The smallest absolute Gasteiger partial charge is 0.337 e. The number of carboxylic acids is 1. The van der Waals surface area contributed by atoms with E-state index in [1.165, 1.54) is 18.2 Å². The average molecular weight is 240 g/mol. The van der Waals surface area contributed by atoms with Crippen molar-refractivity contribution in [1.29, 1.82) is 0 Å². The molecule has 2 N–H and O–H groups in total. The van der Waals surface area contributed by atoms with E-state index in [-0.39, 0.29) is 21.6 Å². The summed E-state index contributed by atoms with van der Waals surface area (Å²) in [5.74, 6) is -1.30. The minimum Gasteiger partial charge on any atom is -0.478 e. The van der Waals surface area contributed by atoms with Gasteiger partial charge in [0.2, 0.25) is 9.84 Å². The molecule has 0 bridgehead atoms. The maximum atomic E-state index is 11.7. The summed E-state index contributed by atoms with van der Waals surface area (Å²) in [7, 11) is -3.75. The van der Waals surface area contributed by atoms with E-state index >= 15 is 0 Å². The van der Waals surface area contributed by atoms with E-state index in [9.17, 15) is 13.2 Å². The van der Waals surface area contributed by atoms with Crippen LogP contribution in [0.3, 0.4) is 0 Å². The molecule has 5 nitrogen and oxygen atoms in total. The van der Waals surface area contributed by atoms with Gasteiger partial charge in [0.15, 0.2) is 0 Å². The van der Waals surface area contributed by atoms with Gasteiger partial charge in [-0.15, -0.1) is 0 Å². The first-order chi connectivity index (χ1) is 7.47. The van der Waals surface area contributed by atoms with Crippen molar-refractivity contribution < 1.29 is 23.4 Å². The second kappa shape index (κ2) is 3.43. The summed E-state index contributed by atoms with van der Waals surface area (Å²) in [6.07, 6.45) is 0. The van der Waals surface area contributed by atoms with Gasteiger partial charge >= 0.3 is 5.97 Å². The van der Waals surface area contributed by atoms with E-state index in [1.54, 1.807) is 0 Å². The minimum absolute atomic E-state index is 0.220. The molecule has 0 unspecified atom stereocenters. The second-order valence-electron chi connectivity index (χ2n) is 3.33. The molecule has 0 saturated carbocycles. The molecule has 2 rings (SSSR count). The Morgan fingerprint density at radius 1 is 1.31 bits per heavy atom. The lowest BCUT2D eigenvalue weighted by Gasteiger charge is -2.04. The van der Waals surface area contributed by atoms with E-state index in [0.717, 1.165) is 5.41 Å². The molecule has 1 aromatic rings. The number of benzene rings is 1. The summed E-state index contributed by atoms with van der Waals surface area (Å²) in [5.41, 5.74) is 0.220. The van der Waals surface area contributed by atoms with Gasteiger partial charge in [-0.3, -0.25) is 0 Å². The lowest BCUT2D eigenvalue weighted by molar-refractivity contribution is 0.0692. The maximum Gasteiger partial charge on any atom is 0.337 e. The fourth-order valence-corrected chi connectivity index (χ4v) is 3.36. The predicted molar refractivity (Wildman–Crippen MR) is 55.6 cm³/mol. The molecule has 0 spiro atoms. The number of rotatable bonds is 2. The summed E-state index contributed by atoms with van der Waals surface area (Å²) >= 11 is 0. The van der Waals surface area contributed by atoms with Gasteiger partial charge in [-0.25, -0.2) is 13.2 Å². The molecule has 0 aromatic heterocycles. The first kappa shape index (κ1) is 10.8. The number of hydrogen-bond acceptors (Lipinski definition) is 4. The first-order valence-corrected chi connectivity index (χ1v) is 5.95. The van der Waals surface area contributed by atoms with Crippen LogP contribution < -0.4 is 0 Å². The van der Waals surface area contributed by atoms with Gasteiger partial charge in [0.25, 0.3) is 0 Å². The fourth-order valence-electron chi connectivity index (χ4n) is 1.70. The van der Waals surface area contributed by atoms with Crippen LogP contribution in [-0.4, -0.2) is 31.2 Å². The largest absolute Gasteiger partial charge is 0.478 e. The van der Waals surface area contributed by atoms with Crippen LogP contribution >= 0.6 is 0 Å². The Balaban J connectivity index is 2.82. The number of aliphatic hydroxyl groups is 1. The third kappa shape index (κ3) is 1.43. The zero-order valence-corrected chi connectivity index (χ0v) is 8.86. The van der Waals surface area contributed by atoms with Gasteiger partial charge < -0.3 is 10.2 Å². The molecule has 16 heavy (non-hydrogen) atoms. The number of fused-ring (bicyclic) bond motifs is 1. The van der Waals surface area contributed by atoms with Gasteiger partial charge in [0.05, 0.1) is 17.1 Å². The molecule has 0 amide bonds. The highest BCUT2D eigenvalue weighted by Crippen LogP contribution is 2.35. The van der Waals surface area contributed by atoms with Crippen LogP contribution in [0.15, 0.2) is 28.5 Å². The predicted octanol–water partition coefficient (Wildman–Crippen LogP) is 0.505. The van der Waals surface area contributed by atoms with Crippen LogP contribution in [0.4, 0.5) is 0 Å². The maximum absolute atomic E-state index is 11.7. The Morgan fingerprint density at radius 3 is 2.56 bits per heavy atom. The molecule has 0 aliphatic carbocycles. The van der Waals surface area contributed by atoms with Crippen molar-refractivity contribution in [3.63, 3.8) is 0 Å². The SMILES string of the molecule is O=C(O)c1cccc2c1S(=O)(=O)C=C2CO. The van der Waals surface area contributed by atoms with Crippen molar-refractivity contribution in [2.45, 2.75) is 4.90 Å². The highest BCUT2D eigenvalue weighted by atomic mass is 32.2. The number of aliphatic hydroxyl groups excluding tert-OH is 1. The molecule has 0 saturated heterocycles. The second-order valence-corrected chi connectivity index (χ2v) is 5.07. The summed E-state index contributed by atoms with van der Waals surface area (Å²) in [6, 6.07) is 4.16. The summed E-state index contributed by atoms with van der Waals surface area (Å²) in [6.45, 7) is -0.435. The molecule has 1 aromatic carbocycles. The highest BCUT2D eigenvalue weighted by molar-refractivity contribution is 7.95. The van der Waals surface area contributed by atoms with Crippen LogP contribution in [0.5, 0.6) is 0 Å². The summed E-state index contributed by atoms with van der Waals surface area (Å²) in [5, 5.41) is 18.8. The fraction of sp³-hybridized carbons (Fsp3) is 0.100. The van der Waals surface area contributed by atoms with E-state index in [1.807, 2.05) is 0 Å². The van der Waals surface area contributed by atoms with Crippen molar-refractivity contribution in [1.82, 2.24) is 0 Å². The average Bonchev–Trinajstić information content (AvgIpc) is 2.50. The molecule has 1 heterocycles. The van der Waals surface area contributed by atoms with E-state index in [4.69, 9.17) is 10.2 Å². The standard InChI is InChI=1S/C10H8O5S/c11-4-6-5-16(14,15)9-7(6)2-1-3-8(9)10(12)13/h1-3,5,11H,4H2,(H,12,13). The normalized spacial score (nSPS) is 16.7. The van der Waals surface area contributed by atoms with Crippen LogP contribution in [-0.2, 0) is 9.84 Å². The molecule has 6 heteroatoms. The molecular weight excluding hydrogens is 232 g/mol. The Bertz CT molecular complexity index is 598.